The van der Waals surface area contributed by atoms with Gasteiger partial charge in [-0.1, -0.05) is 13.0 Å². The third-order valence-electron chi connectivity index (χ3n) is 4.07. The van der Waals surface area contributed by atoms with E-state index < -0.39 is 0 Å². The third-order valence-corrected chi connectivity index (χ3v) is 4.07. The molecule has 2 nitrogen and oxygen atoms in total. The summed E-state index contributed by atoms with van der Waals surface area (Å²) in [6.07, 6.45) is 1.17. The zero-order valence-electron chi connectivity index (χ0n) is 11.5. The van der Waals surface area contributed by atoms with Gasteiger partial charge in [0.2, 0.25) is 0 Å². The summed E-state index contributed by atoms with van der Waals surface area (Å²) in [4.78, 5) is 2.43. The van der Waals surface area contributed by atoms with Gasteiger partial charge in [-0.25, -0.2) is 4.39 Å². The van der Waals surface area contributed by atoms with Crippen LogP contribution in [-0.4, -0.2) is 31.1 Å². The summed E-state index contributed by atoms with van der Waals surface area (Å²) < 4.78 is 13.3. The van der Waals surface area contributed by atoms with Crippen molar-refractivity contribution in [2.45, 2.75) is 32.9 Å². The number of aryl methyl sites for hydroxylation is 1. The molecule has 1 aliphatic rings. The SMILES string of the molecule is CNC1CCN(Cc2cc(F)ccc2C)CC1C. The van der Waals surface area contributed by atoms with Crippen molar-refractivity contribution in [3.8, 4) is 0 Å². The van der Waals surface area contributed by atoms with Gasteiger partial charge in [0.25, 0.3) is 0 Å². The predicted octanol–water partition coefficient (Wildman–Crippen LogP) is 2.56. The second kappa shape index (κ2) is 5.81. The Bertz CT molecular complexity index is 405. The molecular formula is C15H23FN2. The molecule has 0 aliphatic carbocycles. The number of hydrogen-bond acceptors (Lipinski definition) is 2. The van der Waals surface area contributed by atoms with E-state index in [2.05, 4.69) is 24.1 Å². The third kappa shape index (κ3) is 3.09. The number of hydrogen-bond donors (Lipinski definition) is 1. The van der Waals surface area contributed by atoms with Crippen molar-refractivity contribution in [1.82, 2.24) is 10.2 Å². The smallest absolute Gasteiger partial charge is 0.123 e. The molecule has 18 heavy (non-hydrogen) atoms. The molecule has 1 saturated heterocycles. The second-order valence-electron chi connectivity index (χ2n) is 5.47. The Balaban J connectivity index is 2.00. The van der Waals surface area contributed by atoms with Gasteiger partial charge >= 0.3 is 0 Å². The van der Waals surface area contributed by atoms with Crippen LogP contribution < -0.4 is 5.32 Å². The summed E-state index contributed by atoms with van der Waals surface area (Å²) in [5, 5.41) is 3.37. The lowest BCUT2D eigenvalue weighted by Crippen LogP contribution is -2.46. The van der Waals surface area contributed by atoms with Crippen molar-refractivity contribution in [2.24, 2.45) is 5.92 Å². The molecule has 2 rings (SSSR count). The van der Waals surface area contributed by atoms with Crippen molar-refractivity contribution in [3.05, 3.63) is 35.1 Å². The molecule has 0 aromatic heterocycles. The van der Waals surface area contributed by atoms with E-state index in [0.717, 1.165) is 25.2 Å². The molecule has 0 spiro atoms. The Morgan fingerprint density at radius 1 is 1.44 bits per heavy atom. The van der Waals surface area contributed by atoms with Crippen molar-refractivity contribution in [3.63, 3.8) is 0 Å². The molecule has 1 aromatic rings. The van der Waals surface area contributed by atoms with Crippen LogP contribution in [0.4, 0.5) is 4.39 Å². The van der Waals surface area contributed by atoms with E-state index in [1.54, 1.807) is 6.07 Å². The highest BCUT2D eigenvalue weighted by molar-refractivity contribution is 5.26. The number of nitrogens with one attached hydrogen (secondary N) is 1. The summed E-state index contributed by atoms with van der Waals surface area (Å²) >= 11 is 0. The lowest BCUT2D eigenvalue weighted by atomic mass is 9.93. The highest BCUT2D eigenvalue weighted by Gasteiger charge is 2.24. The average molecular weight is 250 g/mol. The van der Waals surface area contributed by atoms with Crippen LogP contribution in [0.2, 0.25) is 0 Å². The van der Waals surface area contributed by atoms with Gasteiger partial charge in [-0.3, -0.25) is 4.90 Å². The van der Waals surface area contributed by atoms with Gasteiger partial charge in [0.15, 0.2) is 0 Å². The first-order chi connectivity index (χ1) is 8.60. The molecule has 3 heteroatoms. The molecule has 0 amide bonds. The minimum atomic E-state index is -0.131. The van der Waals surface area contributed by atoms with Gasteiger partial charge in [-0.15, -0.1) is 0 Å². The van der Waals surface area contributed by atoms with Crippen LogP contribution in [0.15, 0.2) is 18.2 Å². The van der Waals surface area contributed by atoms with E-state index in [-0.39, 0.29) is 5.82 Å². The van der Waals surface area contributed by atoms with Gasteiger partial charge in [0.1, 0.15) is 5.82 Å². The minimum Gasteiger partial charge on any atom is -0.317 e. The predicted molar refractivity (Wildman–Crippen MR) is 73.0 cm³/mol. The Morgan fingerprint density at radius 2 is 2.22 bits per heavy atom. The molecule has 1 fully saturated rings. The summed E-state index contributed by atoms with van der Waals surface area (Å²) in [6, 6.07) is 5.70. The lowest BCUT2D eigenvalue weighted by molar-refractivity contribution is 0.144. The first kappa shape index (κ1) is 13.5. The van der Waals surface area contributed by atoms with Crippen LogP contribution in [0, 0.1) is 18.7 Å². The summed E-state index contributed by atoms with van der Waals surface area (Å²) in [5.41, 5.74) is 2.30. The maximum absolute atomic E-state index is 13.3. The van der Waals surface area contributed by atoms with Crippen LogP contribution in [0.3, 0.4) is 0 Å². The number of nitrogens with zero attached hydrogens (tertiary/aromatic N) is 1. The minimum absolute atomic E-state index is 0.131. The standard InChI is InChI=1S/C15H23FN2/c1-11-4-5-14(16)8-13(11)10-18-7-6-15(17-3)12(2)9-18/h4-5,8,12,15,17H,6-7,9-10H2,1-3H3. The van der Waals surface area contributed by atoms with Crippen LogP contribution in [0.5, 0.6) is 0 Å². The highest BCUT2D eigenvalue weighted by Crippen LogP contribution is 2.20. The molecule has 0 radical (unpaired) electrons. The zero-order chi connectivity index (χ0) is 13.1. The topological polar surface area (TPSA) is 15.3 Å². The van der Waals surface area contributed by atoms with E-state index in [4.69, 9.17) is 0 Å². The van der Waals surface area contributed by atoms with Crippen molar-refractivity contribution < 1.29 is 4.39 Å². The number of piperidine rings is 1. The molecule has 1 N–H and O–H groups in total. The maximum Gasteiger partial charge on any atom is 0.123 e. The molecular weight excluding hydrogens is 227 g/mol. The number of likely N-dealkylation sites (tertiary alicyclic amines) is 1. The molecule has 1 aliphatic heterocycles. The summed E-state index contributed by atoms with van der Waals surface area (Å²) in [7, 11) is 2.04. The monoisotopic (exact) mass is 250 g/mol. The number of halogens is 1. The molecule has 1 heterocycles. The Hall–Kier alpha value is -0.930. The Labute approximate surface area is 109 Å². The van der Waals surface area contributed by atoms with Gasteiger partial charge < -0.3 is 5.32 Å². The zero-order valence-corrected chi connectivity index (χ0v) is 11.5. The molecule has 0 saturated carbocycles. The van der Waals surface area contributed by atoms with E-state index in [1.807, 2.05) is 13.1 Å². The van der Waals surface area contributed by atoms with Crippen molar-refractivity contribution in [2.75, 3.05) is 20.1 Å². The Morgan fingerprint density at radius 3 is 2.89 bits per heavy atom. The summed E-state index contributed by atoms with van der Waals surface area (Å²) in [6.45, 7) is 7.38. The first-order valence-corrected chi connectivity index (χ1v) is 6.75. The van der Waals surface area contributed by atoms with E-state index in [9.17, 15) is 4.39 Å². The molecule has 0 bridgehead atoms. The molecule has 2 atom stereocenters. The van der Waals surface area contributed by atoms with E-state index in [0.29, 0.717) is 12.0 Å². The van der Waals surface area contributed by atoms with Crippen LogP contribution in [-0.2, 0) is 6.54 Å². The van der Waals surface area contributed by atoms with Crippen molar-refractivity contribution in [1.29, 1.82) is 0 Å². The number of benzene rings is 1. The maximum atomic E-state index is 13.3. The van der Waals surface area contributed by atoms with Crippen LogP contribution in [0.1, 0.15) is 24.5 Å². The molecule has 100 valence electrons. The number of rotatable bonds is 3. The van der Waals surface area contributed by atoms with Gasteiger partial charge in [0, 0.05) is 19.1 Å². The summed E-state index contributed by atoms with van der Waals surface area (Å²) in [5.74, 6) is 0.520. The van der Waals surface area contributed by atoms with Gasteiger partial charge in [-0.05, 0) is 56.1 Å². The van der Waals surface area contributed by atoms with Gasteiger partial charge in [0.05, 0.1) is 0 Å². The molecule has 1 aromatic carbocycles. The Kier molecular flexibility index (Phi) is 4.36. The fourth-order valence-corrected chi connectivity index (χ4v) is 2.86. The quantitative estimate of drug-likeness (QED) is 0.887. The highest BCUT2D eigenvalue weighted by atomic mass is 19.1. The molecule has 2 unspecified atom stereocenters. The van der Waals surface area contributed by atoms with Crippen molar-refractivity contribution >= 4 is 0 Å². The lowest BCUT2D eigenvalue weighted by Gasteiger charge is -2.37. The van der Waals surface area contributed by atoms with E-state index in [1.165, 1.54) is 18.1 Å². The van der Waals surface area contributed by atoms with E-state index >= 15 is 0 Å². The normalized spacial score (nSPS) is 25.3. The van der Waals surface area contributed by atoms with Crippen LogP contribution in [0.25, 0.3) is 0 Å². The second-order valence-corrected chi connectivity index (χ2v) is 5.47. The first-order valence-electron chi connectivity index (χ1n) is 6.75. The fourth-order valence-electron chi connectivity index (χ4n) is 2.86. The largest absolute Gasteiger partial charge is 0.317 e. The fraction of sp³-hybridized carbons (Fsp3) is 0.600. The van der Waals surface area contributed by atoms with Crippen LogP contribution >= 0.6 is 0 Å². The average Bonchev–Trinajstić information content (AvgIpc) is 2.34. The van der Waals surface area contributed by atoms with Gasteiger partial charge in [-0.2, -0.15) is 0 Å².